The molecule has 3 amide bonds. The molecule has 3 rings (SSSR count). The second-order valence-corrected chi connectivity index (χ2v) is 8.09. The summed E-state index contributed by atoms with van der Waals surface area (Å²) in [4.78, 5) is 39.2. The average molecular weight is 416 g/mol. The number of likely N-dealkylation sites (tertiary alicyclic amines) is 1. The molecule has 0 spiro atoms. The van der Waals surface area contributed by atoms with Crippen LogP contribution in [0.25, 0.3) is 0 Å². The maximum absolute atomic E-state index is 12.5. The van der Waals surface area contributed by atoms with E-state index in [0.717, 1.165) is 35.5 Å². The first-order valence-electron chi connectivity index (χ1n) is 9.60. The zero-order valence-corrected chi connectivity index (χ0v) is 17.6. The Labute approximate surface area is 173 Å². The van der Waals surface area contributed by atoms with Gasteiger partial charge in [-0.25, -0.2) is 0 Å². The monoisotopic (exact) mass is 415 g/mol. The molecule has 2 aromatic rings. The number of anilines is 1. The number of piperidine rings is 1. The van der Waals surface area contributed by atoms with E-state index in [9.17, 15) is 14.4 Å². The van der Waals surface area contributed by atoms with Crippen LogP contribution in [0.1, 0.15) is 39.3 Å². The molecular weight excluding hydrogens is 390 g/mol. The van der Waals surface area contributed by atoms with Crippen LogP contribution in [0.5, 0.6) is 0 Å². The number of aromatic nitrogens is 2. The minimum absolute atomic E-state index is 0.0344. The highest BCUT2D eigenvalue weighted by atomic mass is 32.1. The van der Waals surface area contributed by atoms with Crippen molar-refractivity contribution in [3.8, 4) is 0 Å². The molecule has 2 N–H and O–H groups in total. The van der Waals surface area contributed by atoms with Gasteiger partial charge in [0.1, 0.15) is 4.88 Å². The molecule has 154 valence electrons. The number of carbonyl (C=O) groups is 3. The first kappa shape index (κ1) is 20.9. The maximum Gasteiger partial charge on any atom is 0.313 e. The summed E-state index contributed by atoms with van der Waals surface area (Å²) in [6, 6.07) is 5.57. The third kappa shape index (κ3) is 4.97. The van der Waals surface area contributed by atoms with Crippen LogP contribution in [0, 0.1) is 26.7 Å². The van der Waals surface area contributed by atoms with Crippen molar-refractivity contribution in [3.63, 3.8) is 0 Å². The first-order chi connectivity index (χ1) is 13.9. The van der Waals surface area contributed by atoms with Crippen LogP contribution in [-0.4, -0.2) is 51.8 Å². The number of nitrogens with one attached hydrogen (secondary N) is 2. The fourth-order valence-electron chi connectivity index (χ4n) is 3.29. The molecule has 29 heavy (non-hydrogen) atoms. The van der Waals surface area contributed by atoms with Gasteiger partial charge in [-0.2, -0.15) is 0 Å². The van der Waals surface area contributed by atoms with Crippen molar-refractivity contribution in [3.05, 3.63) is 39.9 Å². The Morgan fingerprint density at radius 3 is 2.52 bits per heavy atom. The van der Waals surface area contributed by atoms with E-state index in [1.807, 2.05) is 26.0 Å². The molecule has 2 heterocycles. The van der Waals surface area contributed by atoms with E-state index in [-0.39, 0.29) is 11.8 Å². The van der Waals surface area contributed by atoms with E-state index in [1.165, 1.54) is 0 Å². The molecule has 0 saturated carbocycles. The Kier molecular flexibility index (Phi) is 6.58. The third-order valence-corrected chi connectivity index (χ3v) is 6.17. The van der Waals surface area contributed by atoms with Crippen molar-refractivity contribution in [2.45, 2.75) is 33.6 Å². The molecule has 0 bridgehead atoms. The van der Waals surface area contributed by atoms with E-state index < -0.39 is 11.8 Å². The fourth-order valence-corrected chi connectivity index (χ4v) is 3.92. The Morgan fingerprint density at radius 1 is 1.14 bits per heavy atom. The largest absolute Gasteiger partial charge is 0.348 e. The van der Waals surface area contributed by atoms with Crippen molar-refractivity contribution in [1.29, 1.82) is 0 Å². The van der Waals surface area contributed by atoms with Crippen LogP contribution >= 0.6 is 11.5 Å². The Bertz CT molecular complexity index is 919. The summed E-state index contributed by atoms with van der Waals surface area (Å²) < 4.78 is 3.82. The van der Waals surface area contributed by atoms with E-state index >= 15 is 0 Å². The molecule has 1 aliphatic rings. The number of hydrogen-bond acceptors (Lipinski definition) is 6. The van der Waals surface area contributed by atoms with Gasteiger partial charge in [0.05, 0.1) is 5.69 Å². The van der Waals surface area contributed by atoms with Gasteiger partial charge in [-0.3, -0.25) is 14.4 Å². The number of amides is 3. The van der Waals surface area contributed by atoms with Crippen molar-refractivity contribution < 1.29 is 14.4 Å². The van der Waals surface area contributed by atoms with Crippen LogP contribution in [0.15, 0.2) is 18.2 Å². The van der Waals surface area contributed by atoms with E-state index in [4.69, 9.17) is 0 Å². The third-order valence-electron chi connectivity index (χ3n) is 5.36. The van der Waals surface area contributed by atoms with Crippen LogP contribution in [0.3, 0.4) is 0 Å². The molecular formula is C20H25N5O3S. The summed E-state index contributed by atoms with van der Waals surface area (Å²) in [5, 5.41) is 9.27. The molecule has 0 atom stereocenters. The topological polar surface area (TPSA) is 104 Å². The second-order valence-electron chi connectivity index (χ2n) is 7.33. The predicted molar refractivity (Wildman–Crippen MR) is 111 cm³/mol. The summed E-state index contributed by atoms with van der Waals surface area (Å²) in [7, 11) is 0. The molecule has 8 nitrogen and oxygen atoms in total. The number of benzene rings is 1. The molecule has 0 aliphatic carbocycles. The predicted octanol–water partition coefficient (Wildman–Crippen LogP) is 2.07. The highest BCUT2D eigenvalue weighted by Gasteiger charge is 2.26. The minimum Gasteiger partial charge on any atom is -0.348 e. The van der Waals surface area contributed by atoms with Gasteiger partial charge in [0.25, 0.3) is 5.91 Å². The SMILES string of the molecule is Cc1cccc(NC(=O)C(=O)NCC2CCN(C(=O)c3snnc3C)CC2)c1C. The molecule has 1 saturated heterocycles. The van der Waals surface area contributed by atoms with Crippen molar-refractivity contribution in [2.75, 3.05) is 25.0 Å². The van der Waals surface area contributed by atoms with E-state index in [2.05, 4.69) is 20.2 Å². The highest BCUT2D eigenvalue weighted by molar-refractivity contribution is 7.07. The lowest BCUT2D eigenvalue weighted by Gasteiger charge is -2.31. The molecule has 0 unspecified atom stereocenters. The van der Waals surface area contributed by atoms with Gasteiger partial charge in [-0.1, -0.05) is 16.6 Å². The summed E-state index contributed by atoms with van der Waals surface area (Å²) in [5.74, 6) is -1.11. The van der Waals surface area contributed by atoms with Gasteiger partial charge in [0, 0.05) is 25.3 Å². The number of nitrogens with zero attached hydrogens (tertiary/aromatic N) is 3. The summed E-state index contributed by atoms with van der Waals surface area (Å²) in [6.45, 7) is 7.29. The molecule has 1 fully saturated rings. The van der Waals surface area contributed by atoms with Crippen molar-refractivity contribution in [1.82, 2.24) is 19.8 Å². The van der Waals surface area contributed by atoms with E-state index in [1.54, 1.807) is 17.9 Å². The molecule has 0 radical (unpaired) electrons. The van der Waals surface area contributed by atoms with Gasteiger partial charge < -0.3 is 15.5 Å². The van der Waals surface area contributed by atoms with Crippen LogP contribution in [-0.2, 0) is 9.59 Å². The van der Waals surface area contributed by atoms with Crippen LogP contribution in [0.4, 0.5) is 5.69 Å². The first-order valence-corrected chi connectivity index (χ1v) is 10.4. The Balaban J connectivity index is 1.44. The van der Waals surface area contributed by atoms with Gasteiger partial charge in [-0.15, -0.1) is 5.10 Å². The number of aryl methyl sites for hydroxylation is 2. The zero-order valence-electron chi connectivity index (χ0n) is 16.8. The molecule has 1 aromatic heterocycles. The van der Waals surface area contributed by atoms with E-state index in [0.29, 0.717) is 35.9 Å². The molecule has 1 aliphatic heterocycles. The minimum atomic E-state index is -0.667. The second kappa shape index (κ2) is 9.13. The average Bonchev–Trinajstić information content (AvgIpc) is 3.15. The Hall–Kier alpha value is -2.81. The van der Waals surface area contributed by atoms with Crippen molar-refractivity contribution in [2.24, 2.45) is 5.92 Å². The number of hydrogen-bond donors (Lipinski definition) is 2. The molecule has 1 aromatic carbocycles. The quantitative estimate of drug-likeness (QED) is 0.744. The maximum atomic E-state index is 12.5. The normalized spacial score (nSPS) is 14.5. The summed E-state index contributed by atoms with van der Waals surface area (Å²) in [6.07, 6.45) is 1.55. The van der Waals surface area contributed by atoms with Gasteiger partial charge in [0.2, 0.25) is 0 Å². The van der Waals surface area contributed by atoms with Crippen LogP contribution < -0.4 is 10.6 Å². The lowest BCUT2D eigenvalue weighted by molar-refractivity contribution is -0.136. The highest BCUT2D eigenvalue weighted by Crippen LogP contribution is 2.21. The van der Waals surface area contributed by atoms with Gasteiger partial charge in [-0.05, 0) is 68.3 Å². The number of rotatable bonds is 4. The number of carbonyl (C=O) groups excluding carboxylic acids is 3. The standard InChI is InChI=1S/C20H25N5O3S/c1-12-5-4-6-16(13(12)2)22-19(27)18(26)21-11-15-7-9-25(10-8-15)20(28)17-14(3)23-24-29-17/h4-6,15H,7-11H2,1-3H3,(H,21,26)(H,22,27). The van der Waals surface area contributed by atoms with Gasteiger partial charge in [0.15, 0.2) is 0 Å². The zero-order chi connectivity index (χ0) is 21.0. The Morgan fingerprint density at radius 2 is 1.86 bits per heavy atom. The van der Waals surface area contributed by atoms with Crippen molar-refractivity contribution >= 4 is 34.9 Å². The summed E-state index contributed by atoms with van der Waals surface area (Å²) in [5.41, 5.74) is 3.29. The van der Waals surface area contributed by atoms with Gasteiger partial charge >= 0.3 is 11.8 Å². The lowest BCUT2D eigenvalue weighted by Crippen LogP contribution is -2.43. The smallest absolute Gasteiger partial charge is 0.313 e. The van der Waals surface area contributed by atoms with Crippen LogP contribution in [0.2, 0.25) is 0 Å². The molecule has 9 heteroatoms. The fraction of sp³-hybridized carbons (Fsp3) is 0.450. The summed E-state index contributed by atoms with van der Waals surface area (Å²) >= 11 is 1.12. The lowest BCUT2D eigenvalue weighted by atomic mass is 9.96.